The first kappa shape index (κ1) is 19.8. The van der Waals surface area contributed by atoms with Crippen molar-refractivity contribution in [2.75, 3.05) is 31.2 Å². The molecule has 2 aromatic heterocycles. The highest BCUT2D eigenvalue weighted by Crippen LogP contribution is 2.27. The standard InChI is InChI=1S/C22H22N6O2S/c1-3-7-17(8-4-1)15-28-21(27-11-13-29-14-12-27)25-26-22(28)31-16-19-23-24-20(30-19)18-9-5-2-6-10-18/h1-10H,11-16H2. The summed E-state index contributed by atoms with van der Waals surface area (Å²) < 4.78 is 13.5. The van der Waals surface area contributed by atoms with Crippen molar-refractivity contribution >= 4 is 17.7 Å². The van der Waals surface area contributed by atoms with Gasteiger partial charge in [-0.3, -0.25) is 4.57 Å². The third-order valence-corrected chi connectivity index (χ3v) is 5.94. The molecule has 5 rings (SSSR count). The van der Waals surface area contributed by atoms with E-state index in [1.807, 2.05) is 48.5 Å². The number of ether oxygens (including phenoxy) is 1. The largest absolute Gasteiger partial charge is 0.420 e. The van der Waals surface area contributed by atoms with Crippen molar-refractivity contribution in [3.05, 3.63) is 72.1 Å². The summed E-state index contributed by atoms with van der Waals surface area (Å²) in [5.41, 5.74) is 2.11. The third kappa shape index (κ3) is 4.62. The lowest BCUT2D eigenvalue weighted by molar-refractivity contribution is 0.121. The normalized spacial score (nSPS) is 14.1. The second-order valence-corrected chi connectivity index (χ2v) is 8.05. The second-order valence-electron chi connectivity index (χ2n) is 7.11. The Labute approximate surface area is 184 Å². The van der Waals surface area contributed by atoms with Crippen LogP contribution in [0.15, 0.2) is 70.2 Å². The van der Waals surface area contributed by atoms with Gasteiger partial charge in [-0.05, 0) is 17.7 Å². The van der Waals surface area contributed by atoms with Crippen LogP contribution in [0.4, 0.5) is 5.95 Å². The minimum absolute atomic E-state index is 0.524. The molecule has 4 aromatic rings. The van der Waals surface area contributed by atoms with E-state index in [2.05, 4.69) is 42.0 Å². The van der Waals surface area contributed by atoms with Gasteiger partial charge in [0.05, 0.1) is 25.5 Å². The summed E-state index contributed by atoms with van der Waals surface area (Å²) in [5, 5.41) is 18.2. The predicted octanol–water partition coefficient (Wildman–Crippen LogP) is 3.51. The van der Waals surface area contributed by atoms with Gasteiger partial charge in [-0.2, -0.15) is 0 Å². The maximum atomic E-state index is 5.85. The fraction of sp³-hybridized carbons (Fsp3) is 0.273. The Balaban J connectivity index is 1.36. The third-order valence-electron chi connectivity index (χ3n) is 4.99. The molecule has 1 saturated heterocycles. The zero-order valence-electron chi connectivity index (χ0n) is 16.9. The molecule has 0 spiro atoms. The van der Waals surface area contributed by atoms with Gasteiger partial charge in [-0.15, -0.1) is 20.4 Å². The van der Waals surface area contributed by atoms with Gasteiger partial charge in [0.15, 0.2) is 5.16 Å². The molecule has 8 nitrogen and oxygen atoms in total. The van der Waals surface area contributed by atoms with Crippen molar-refractivity contribution in [1.82, 2.24) is 25.0 Å². The molecule has 1 aliphatic rings. The van der Waals surface area contributed by atoms with Gasteiger partial charge in [-0.1, -0.05) is 60.3 Å². The van der Waals surface area contributed by atoms with Crippen LogP contribution in [0.1, 0.15) is 11.5 Å². The number of nitrogens with zero attached hydrogens (tertiary/aromatic N) is 6. The average Bonchev–Trinajstić information content (AvgIpc) is 3.47. The number of morpholine rings is 1. The molecule has 0 aliphatic carbocycles. The summed E-state index contributed by atoms with van der Waals surface area (Å²) >= 11 is 1.55. The van der Waals surface area contributed by atoms with Crippen LogP contribution >= 0.6 is 11.8 Å². The fourth-order valence-electron chi connectivity index (χ4n) is 3.43. The number of benzene rings is 2. The molecule has 3 heterocycles. The number of thioether (sulfide) groups is 1. The second kappa shape index (κ2) is 9.32. The van der Waals surface area contributed by atoms with Crippen molar-refractivity contribution in [1.29, 1.82) is 0 Å². The monoisotopic (exact) mass is 434 g/mol. The van der Waals surface area contributed by atoms with E-state index in [-0.39, 0.29) is 0 Å². The van der Waals surface area contributed by atoms with E-state index in [0.717, 1.165) is 29.8 Å². The summed E-state index contributed by atoms with van der Waals surface area (Å²) in [6.07, 6.45) is 0. The molecule has 0 radical (unpaired) electrons. The Bertz CT molecular complexity index is 1110. The summed E-state index contributed by atoms with van der Waals surface area (Å²) in [7, 11) is 0. The molecule has 0 bridgehead atoms. The number of aromatic nitrogens is 5. The van der Waals surface area contributed by atoms with E-state index in [4.69, 9.17) is 9.15 Å². The quantitative estimate of drug-likeness (QED) is 0.409. The highest BCUT2D eigenvalue weighted by molar-refractivity contribution is 7.98. The average molecular weight is 435 g/mol. The molecule has 0 atom stereocenters. The number of rotatable bonds is 7. The zero-order valence-corrected chi connectivity index (χ0v) is 17.7. The lowest BCUT2D eigenvalue weighted by Gasteiger charge is -2.28. The van der Waals surface area contributed by atoms with E-state index in [0.29, 0.717) is 37.3 Å². The topological polar surface area (TPSA) is 82.1 Å². The molecule has 1 fully saturated rings. The van der Waals surface area contributed by atoms with Crippen molar-refractivity contribution in [2.24, 2.45) is 0 Å². The van der Waals surface area contributed by atoms with Gasteiger partial charge in [-0.25, -0.2) is 0 Å². The van der Waals surface area contributed by atoms with E-state index >= 15 is 0 Å². The molecule has 0 amide bonds. The lowest BCUT2D eigenvalue weighted by atomic mass is 10.2. The van der Waals surface area contributed by atoms with E-state index < -0.39 is 0 Å². The summed E-state index contributed by atoms with van der Waals surface area (Å²) in [5.74, 6) is 2.47. The maximum absolute atomic E-state index is 5.85. The van der Waals surface area contributed by atoms with Gasteiger partial charge in [0.1, 0.15) is 0 Å². The van der Waals surface area contributed by atoms with Gasteiger partial charge in [0.25, 0.3) is 0 Å². The Hall–Kier alpha value is -3.17. The summed E-state index contributed by atoms with van der Waals surface area (Å²) in [6.45, 7) is 3.71. The van der Waals surface area contributed by atoms with Crippen molar-refractivity contribution < 1.29 is 9.15 Å². The van der Waals surface area contributed by atoms with Crippen LogP contribution in [0, 0.1) is 0 Å². The minimum Gasteiger partial charge on any atom is -0.420 e. The Morgan fingerprint density at radius 2 is 1.58 bits per heavy atom. The Kier molecular flexibility index (Phi) is 5.94. The first-order valence-corrected chi connectivity index (χ1v) is 11.2. The lowest BCUT2D eigenvalue weighted by Crippen LogP contribution is -2.38. The molecule has 9 heteroatoms. The SMILES string of the molecule is c1ccc(Cn2c(SCc3nnc(-c4ccccc4)o3)nnc2N2CCOCC2)cc1. The molecule has 0 unspecified atom stereocenters. The van der Waals surface area contributed by atoms with Crippen LogP contribution in [0.2, 0.25) is 0 Å². The van der Waals surface area contributed by atoms with Gasteiger partial charge in [0.2, 0.25) is 17.7 Å². The number of hydrogen-bond donors (Lipinski definition) is 0. The van der Waals surface area contributed by atoms with Crippen LogP contribution in [0.5, 0.6) is 0 Å². The molecular formula is C22H22N6O2S. The predicted molar refractivity (Wildman–Crippen MR) is 118 cm³/mol. The van der Waals surface area contributed by atoms with Crippen LogP contribution < -0.4 is 4.90 Å². The smallest absolute Gasteiger partial charge is 0.247 e. The van der Waals surface area contributed by atoms with Gasteiger partial charge < -0.3 is 14.1 Å². The van der Waals surface area contributed by atoms with E-state index in [1.165, 1.54) is 5.56 Å². The number of anilines is 1. The first-order valence-electron chi connectivity index (χ1n) is 10.2. The minimum atomic E-state index is 0.524. The van der Waals surface area contributed by atoms with Crippen LogP contribution in [-0.4, -0.2) is 51.3 Å². The molecule has 1 aliphatic heterocycles. The van der Waals surface area contributed by atoms with Crippen molar-refractivity contribution in [3.63, 3.8) is 0 Å². The molecule has 31 heavy (non-hydrogen) atoms. The van der Waals surface area contributed by atoms with Crippen molar-refractivity contribution in [2.45, 2.75) is 17.5 Å². The Morgan fingerprint density at radius 1 is 0.839 bits per heavy atom. The van der Waals surface area contributed by atoms with Gasteiger partial charge >= 0.3 is 0 Å². The van der Waals surface area contributed by atoms with Crippen molar-refractivity contribution in [3.8, 4) is 11.5 Å². The summed E-state index contributed by atoms with van der Waals surface area (Å²) in [4.78, 5) is 2.23. The molecule has 2 aromatic carbocycles. The van der Waals surface area contributed by atoms with E-state index in [9.17, 15) is 0 Å². The first-order chi connectivity index (χ1) is 15.4. The van der Waals surface area contributed by atoms with Crippen LogP contribution in [-0.2, 0) is 17.0 Å². The van der Waals surface area contributed by atoms with Gasteiger partial charge in [0, 0.05) is 18.7 Å². The molecule has 0 N–H and O–H groups in total. The molecule has 158 valence electrons. The number of hydrogen-bond acceptors (Lipinski definition) is 8. The fourth-order valence-corrected chi connectivity index (χ4v) is 4.19. The highest BCUT2D eigenvalue weighted by Gasteiger charge is 2.21. The molecular weight excluding hydrogens is 412 g/mol. The highest BCUT2D eigenvalue weighted by atomic mass is 32.2. The molecule has 0 saturated carbocycles. The Morgan fingerprint density at radius 3 is 2.35 bits per heavy atom. The van der Waals surface area contributed by atoms with Crippen LogP contribution in [0.3, 0.4) is 0 Å². The summed E-state index contributed by atoms with van der Waals surface area (Å²) in [6, 6.07) is 20.1. The van der Waals surface area contributed by atoms with Crippen LogP contribution in [0.25, 0.3) is 11.5 Å². The van der Waals surface area contributed by atoms with E-state index in [1.54, 1.807) is 11.8 Å². The maximum Gasteiger partial charge on any atom is 0.247 e. The zero-order chi connectivity index (χ0) is 20.9.